The van der Waals surface area contributed by atoms with E-state index in [2.05, 4.69) is 17.1 Å². The van der Waals surface area contributed by atoms with E-state index < -0.39 is 0 Å². The molecule has 2 aromatic rings. The van der Waals surface area contributed by atoms with Crippen molar-refractivity contribution in [1.82, 2.24) is 4.98 Å². The normalized spacial score (nSPS) is 12.4. The van der Waals surface area contributed by atoms with Gasteiger partial charge in [0.05, 0.1) is 10.7 Å². The predicted octanol–water partition coefficient (Wildman–Crippen LogP) is 2.92. The maximum atomic E-state index is 5.76. The van der Waals surface area contributed by atoms with Gasteiger partial charge in [-0.1, -0.05) is 12.1 Å². The van der Waals surface area contributed by atoms with Gasteiger partial charge in [-0.3, -0.25) is 0 Å². The van der Waals surface area contributed by atoms with Crippen molar-refractivity contribution in [2.24, 2.45) is 5.73 Å². The van der Waals surface area contributed by atoms with Crippen LogP contribution in [0, 0.1) is 6.92 Å². The molecule has 1 aromatic carbocycles. The van der Waals surface area contributed by atoms with Gasteiger partial charge in [0.15, 0.2) is 0 Å². The molecule has 0 fully saturated rings. The topological polar surface area (TPSA) is 48.1 Å². The lowest BCUT2D eigenvalue weighted by molar-refractivity contribution is 0.302. The minimum absolute atomic E-state index is 0.190. The highest BCUT2D eigenvalue weighted by atomic mass is 32.1. The van der Waals surface area contributed by atoms with Gasteiger partial charge in [-0.2, -0.15) is 0 Å². The molecule has 0 amide bonds. The summed E-state index contributed by atoms with van der Waals surface area (Å²) in [6.07, 6.45) is 0.894. The summed E-state index contributed by atoms with van der Waals surface area (Å²) < 4.78 is 5.68. The van der Waals surface area contributed by atoms with Crippen molar-refractivity contribution in [3.8, 4) is 5.75 Å². The van der Waals surface area contributed by atoms with Crippen LogP contribution in [0.1, 0.15) is 23.2 Å². The summed E-state index contributed by atoms with van der Waals surface area (Å²) in [5.41, 5.74) is 7.98. The molecule has 4 heteroatoms. The maximum absolute atomic E-state index is 5.76. The third kappa shape index (κ3) is 3.82. The van der Waals surface area contributed by atoms with Gasteiger partial charge in [-0.15, -0.1) is 11.3 Å². The van der Waals surface area contributed by atoms with Crippen molar-refractivity contribution in [3.63, 3.8) is 0 Å². The average Bonchev–Trinajstić information content (AvgIpc) is 2.74. The highest BCUT2D eigenvalue weighted by molar-refractivity contribution is 7.09. The molecule has 0 aliphatic rings. The first-order valence-electron chi connectivity index (χ1n) is 6.02. The monoisotopic (exact) mass is 262 g/mol. The van der Waals surface area contributed by atoms with Crippen LogP contribution in [0.15, 0.2) is 29.6 Å². The number of hydrogen-bond acceptors (Lipinski definition) is 4. The summed E-state index contributed by atoms with van der Waals surface area (Å²) in [7, 11) is 0. The van der Waals surface area contributed by atoms with E-state index in [1.54, 1.807) is 11.3 Å². The van der Waals surface area contributed by atoms with Gasteiger partial charge in [0, 0.05) is 11.4 Å². The molecule has 0 saturated carbocycles. The van der Waals surface area contributed by atoms with Crippen LogP contribution in [0.5, 0.6) is 5.75 Å². The Kier molecular flexibility index (Phi) is 4.33. The molecular formula is C14H18N2OS. The van der Waals surface area contributed by atoms with E-state index in [4.69, 9.17) is 10.5 Å². The number of thiazole rings is 1. The molecule has 1 unspecified atom stereocenters. The maximum Gasteiger partial charge on any atom is 0.131 e. The zero-order valence-electron chi connectivity index (χ0n) is 10.7. The number of nitrogens with zero attached hydrogens (tertiary/aromatic N) is 1. The number of nitrogens with two attached hydrogens (primary N) is 1. The molecule has 2 rings (SSSR count). The molecule has 0 aliphatic heterocycles. The number of rotatable bonds is 5. The van der Waals surface area contributed by atoms with Gasteiger partial charge >= 0.3 is 0 Å². The quantitative estimate of drug-likeness (QED) is 0.901. The number of ether oxygens (including phenoxy) is 1. The zero-order valence-corrected chi connectivity index (χ0v) is 11.5. The fourth-order valence-electron chi connectivity index (χ4n) is 1.73. The van der Waals surface area contributed by atoms with Crippen LogP contribution in [0.2, 0.25) is 0 Å². The summed E-state index contributed by atoms with van der Waals surface area (Å²) in [4.78, 5) is 4.36. The van der Waals surface area contributed by atoms with Crippen LogP contribution in [0.25, 0.3) is 0 Å². The minimum Gasteiger partial charge on any atom is -0.487 e. The van der Waals surface area contributed by atoms with Gasteiger partial charge in [-0.25, -0.2) is 4.98 Å². The third-order valence-electron chi connectivity index (χ3n) is 2.53. The second-order valence-electron chi connectivity index (χ2n) is 4.47. The van der Waals surface area contributed by atoms with Crippen LogP contribution in [-0.2, 0) is 13.0 Å². The van der Waals surface area contributed by atoms with Crippen molar-refractivity contribution in [1.29, 1.82) is 0 Å². The fourth-order valence-corrected chi connectivity index (χ4v) is 2.32. The Morgan fingerprint density at radius 3 is 2.61 bits per heavy atom. The molecule has 18 heavy (non-hydrogen) atoms. The molecule has 0 radical (unpaired) electrons. The molecule has 1 heterocycles. The Hall–Kier alpha value is -1.39. The van der Waals surface area contributed by atoms with Crippen LogP contribution in [-0.4, -0.2) is 11.0 Å². The second-order valence-corrected chi connectivity index (χ2v) is 5.53. The standard InChI is InChI=1S/C14H18N2OS/c1-10(15)7-12-3-5-14(6-4-12)17-8-13-9-18-11(2)16-13/h3-6,9-10H,7-8,15H2,1-2H3. The van der Waals surface area contributed by atoms with Gasteiger partial charge in [0.1, 0.15) is 12.4 Å². The summed E-state index contributed by atoms with van der Waals surface area (Å²) in [5, 5.41) is 3.10. The Labute approximate surface area is 112 Å². The number of hydrogen-bond donors (Lipinski definition) is 1. The van der Waals surface area contributed by atoms with E-state index in [-0.39, 0.29) is 6.04 Å². The van der Waals surface area contributed by atoms with Crippen LogP contribution < -0.4 is 10.5 Å². The lowest BCUT2D eigenvalue weighted by Gasteiger charge is -2.07. The average molecular weight is 262 g/mol. The lowest BCUT2D eigenvalue weighted by Crippen LogP contribution is -2.17. The number of aryl methyl sites for hydroxylation is 1. The largest absolute Gasteiger partial charge is 0.487 e. The first-order chi connectivity index (χ1) is 8.63. The van der Waals surface area contributed by atoms with Gasteiger partial charge < -0.3 is 10.5 Å². The smallest absolute Gasteiger partial charge is 0.131 e. The van der Waals surface area contributed by atoms with Crippen molar-refractivity contribution >= 4 is 11.3 Å². The summed E-state index contributed by atoms with van der Waals surface area (Å²) in [5.74, 6) is 0.870. The predicted molar refractivity (Wildman–Crippen MR) is 75.0 cm³/mol. The van der Waals surface area contributed by atoms with Crippen molar-refractivity contribution in [2.75, 3.05) is 0 Å². The van der Waals surface area contributed by atoms with E-state index in [9.17, 15) is 0 Å². The fraction of sp³-hybridized carbons (Fsp3) is 0.357. The van der Waals surface area contributed by atoms with Crippen molar-refractivity contribution < 1.29 is 4.74 Å². The Balaban J connectivity index is 1.90. The molecule has 0 bridgehead atoms. The van der Waals surface area contributed by atoms with E-state index in [0.717, 1.165) is 22.9 Å². The van der Waals surface area contributed by atoms with Crippen LogP contribution in [0.3, 0.4) is 0 Å². The molecular weight excluding hydrogens is 244 g/mol. The van der Waals surface area contributed by atoms with Gasteiger partial charge in [0.2, 0.25) is 0 Å². The zero-order chi connectivity index (χ0) is 13.0. The van der Waals surface area contributed by atoms with E-state index >= 15 is 0 Å². The van der Waals surface area contributed by atoms with Crippen molar-refractivity contribution in [2.45, 2.75) is 32.9 Å². The minimum atomic E-state index is 0.190. The van der Waals surface area contributed by atoms with E-state index in [0.29, 0.717) is 6.61 Å². The third-order valence-corrected chi connectivity index (χ3v) is 3.36. The van der Waals surface area contributed by atoms with E-state index in [1.807, 2.05) is 31.4 Å². The molecule has 2 N–H and O–H groups in total. The Morgan fingerprint density at radius 1 is 1.33 bits per heavy atom. The Bertz CT molecular complexity index is 491. The highest BCUT2D eigenvalue weighted by Gasteiger charge is 2.01. The summed E-state index contributed by atoms with van der Waals surface area (Å²) in [6, 6.07) is 8.28. The van der Waals surface area contributed by atoms with E-state index in [1.165, 1.54) is 5.56 Å². The molecule has 3 nitrogen and oxygen atoms in total. The van der Waals surface area contributed by atoms with Gasteiger partial charge in [-0.05, 0) is 38.0 Å². The van der Waals surface area contributed by atoms with Crippen molar-refractivity contribution in [3.05, 3.63) is 45.9 Å². The van der Waals surface area contributed by atoms with Crippen LogP contribution in [0.4, 0.5) is 0 Å². The summed E-state index contributed by atoms with van der Waals surface area (Å²) >= 11 is 1.64. The molecule has 96 valence electrons. The van der Waals surface area contributed by atoms with Crippen LogP contribution >= 0.6 is 11.3 Å². The molecule has 0 saturated heterocycles. The molecule has 0 aliphatic carbocycles. The first-order valence-corrected chi connectivity index (χ1v) is 6.90. The number of aromatic nitrogens is 1. The van der Waals surface area contributed by atoms with Gasteiger partial charge in [0.25, 0.3) is 0 Å². The second kappa shape index (κ2) is 5.98. The Morgan fingerprint density at radius 2 is 2.06 bits per heavy atom. The molecule has 1 atom stereocenters. The highest BCUT2D eigenvalue weighted by Crippen LogP contribution is 2.16. The summed E-state index contributed by atoms with van der Waals surface area (Å²) in [6.45, 7) is 4.53. The molecule has 1 aromatic heterocycles. The lowest BCUT2D eigenvalue weighted by atomic mass is 10.1. The molecule has 0 spiro atoms. The number of benzene rings is 1. The SMILES string of the molecule is Cc1nc(COc2ccc(CC(C)N)cc2)cs1. The first kappa shape index (κ1) is 13.1.